The summed E-state index contributed by atoms with van der Waals surface area (Å²) in [5.41, 5.74) is 0.357. The van der Waals surface area contributed by atoms with Crippen molar-refractivity contribution in [3.05, 3.63) is 22.6 Å². The van der Waals surface area contributed by atoms with Gasteiger partial charge < -0.3 is 19.6 Å². The van der Waals surface area contributed by atoms with E-state index in [0.29, 0.717) is 43.1 Å². The smallest absolute Gasteiger partial charge is 0.311 e. The Kier molecular flexibility index (Phi) is 4.37. The van der Waals surface area contributed by atoms with E-state index in [1.165, 1.54) is 0 Å². The summed E-state index contributed by atoms with van der Waals surface area (Å²) < 4.78 is 10.7. The van der Waals surface area contributed by atoms with Crippen molar-refractivity contribution in [2.45, 2.75) is 33.6 Å². The zero-order valence-corrected chi connectivity index (χ0v) is 12.6. The molecule has 0 radical (unpaired) electrons. The molecule has 2 N–H and O–H groups in total. The van der Waals surface area contributed by atoms with Crippen LogP contribution in [0.25, 0.3) is 0 Å². The minimum atomic E-state index is -0.936. The van der Waals surface area contributed by atoms with Crippen LogP contribution in [0.15, 0.2) is 4.42 Å². The molecule has 21 heavy (non-hydrogen) atoms. The molecule has 0 saturated carbocycles. The van der Waals surface area contributed by atoms with Crippen LogP contribution in [0.3, 0.4) is 0 Å². The second kappa shape index (κ2) is 5.89. The number of hydrogen-bond acceptors (Lipinski definition) is 4. The molecule has 2 heterocycles. The van der Waals surface area contributed by atoms with Crippen LogP contribution in [0.1, 0.15) is 40.3 Å². The Morgan fingerprint density at radius 2 is 1.81 bits per heavy atom. The van der Waals surface area contributed by atoms with Crippen molar-refractivity contribution in [3.8, 4) is 0 Å². The summed E-state index contributed by atoms with van der Waals surface area (Å²) in [6.07, 6.45) is 0.815. The predicted octanol–water partition coefficient (Wildman–Crippen LogP) is 1.82. The van der Waals surface area contributed by atoms with Crippen molar-refractivity contribution in [3.63, 3.8) is 0 Å². The first-order valence-corrected chi connectivity index (χ1v) is 7.03. The molecule has 1 aliphatic heterocycles. The number of carbonyl (C=O) groups is 2. The van der Waals surface area contributed by atoms with E-state index in [2.05, 4.69) is 5.32 Å². The first-order valence-electron chi connectivity index (χ1n) is 7.03. The summed E-state index contributed by atoms with van der Waals surface area (Å²) >= 11 is 0. The Bertz CT molecular complexity index is 555. The van der Waals surface area contributed by atoms with Gasteiger partial charge >= 0.3 is 5.97 Å². The molecular weight excluding hydrogens is 274 g/mol. The van der Waals surface area contributed by atoms with E-state index >= 15 is 0 Å². The number of carbonyl (C=O) groups excluding carboxylic acids is 1. The maximum atomic E-state index is 12.3. The van der Waals surface area contributed by atoms with Gasteiger partial charge in [-0.1, -0.05) is 0 Å². The topological polar surface area (TPSA) is 88.8 Å². The van der Waals surface area contributed by atoms with Crippen molar-refractivity contribution in [1.82, 2.24) is 5.32 Å². The lowest BCUT2D eigenvalue weighted by molar-refractivity contribution is -0.154. The monoisotopic (exact) mass is 295 g/mol. The molecule has 0 bridgehead atoms. The van der Waals surface area contributed by atoms with E-state index in [0.717, 1.165) is 5.56 Å². The van der Waals surface area contributed by atoms with E-state index in [9.17, 15) is 14.7 Å². The van der Waals surface area contributed by atoms with Gasteiger partial charge in [-0.2, -0.15) is 0 Å². The predicted molar refractivity (Wildman–Crippen MR) is 75.4 cm³/mol. The number of amides is 1. The molecule has 0 aromatic carbocycles. The van der Waals surface area contributed by atoms with Crippen LogP contribution in [0, 0.1) is 26.2 Å². The van der Waals surface area contributed by atoms with E-state index in [1.54, 1.807) is 13.8 Å². The summed E-state index contributed by atoms with van der Waals surface area (Å²) in [6, 6.07) is 0. The maximum absolute atomic E-state index is 12.3. The van der Waals surface area contributed by atoms with Crippen molar-refractivity contribution < 1.29 is 23.8 Å². The van der Waals surface area contributed by atoms with Crippen molar-refractivity contribution in [2.24, 2.45) is 5.41 Å². The van der Waals surface area contributed by atoms with Crippen LogP contribution in [-0.4, -0.2) is 36.7 Å². The second-order valence-electron chi connectivity index (χ2n) is 5.59. The van der Waals surface area contributed by atoms with Gasteiger partial charge in [-0.05, 0) is 33.6 Å². The van der Waals surface area contributed by atoms with Crippen molar-refractivity contribution >= 4 is 11.9 Å². The van der Waals surface area contributed by atoms with Gasteiger partial charge in [0.15, 0.2) is 0 Å². The van der Waals surface area contributed by atoms with Gasteiger partial charge in [0.1, 0.15) is 11.5 Å². The Morgan fingerprint density at radius 1 is 1.19 bits per heavy atom. The molecule has 0 aliphatic carbocycles. The molecule has 116 valence electrons. The SMILES string of the molecule is Cc1oc(C)c(C(=O)NCC2(C(=O)O)CCOCC2)c1C. The highest BCUT2D eigenvalue weighted by Gasteiger charge is 2.40. The Hall–Kier alpha value is -1.82. The van der Waals surface area contributed by atoms with Crippen LogP contribution in [-0.2, 0) is 9.53 Å². The fourth-order valence-electron chi connectivity index (χ4n) is 2.69. The van der Waals surface area contributed by atoms with Crippen molar-refractivity contribution in [2.75, 3.05) is 19.8 Å². The molecule has 1 amide bonds. The van der Waals surface area contributed by atoms with Crippen LogP contribution in [0.2, 0.25) is 0 Å². The van der Waals surface area contributed by atoms with Gasteiger partial charge in [-0.25, -0.2) is 0 Å². The Morgan fingerprint density at radius 3 is 2.29 bits per heavy atom. The van der Waals surface area contributed by atoms with Gasteiger partial charge in [0.2, 0.25) is 0 Å². The van der Waals surface area contributed by atoms with E-state index in [1.807, 2.05) is 6.92 Å². The molecule has 6 nitrogen and oxygen atoms in total. The lowest BCUT2D eigenvalue weighted by atomic mass is 9.80. The molecule has 0 atom stereocenters. The van der Waals surface area contributed by atoms with Gasteiger partial charge in [0.05, 0.1) is 11.0 Å². The third-order valence-corrected chi connectivity index (χ3v) is 4.28. The van der Waals surface area contributed by atoms with Crippen LogP contribution < -0.4 is 5.32 Å². The van der Waals surface area contributed by atoms with Gasteiger partial charge in [0, 0.05) is 25.3 Å². The normalized spacial score (nSPS) is 17.5. The number of nitrogens with one attached hydrogen (secondary N) is 1. The van der Waals surface area contributed by atoms with Crippen LogP contribution in [0.4, 0.5) is 0 Å². The highest BCUT2D eigenvalue weighted by molar-refractivity contribution is 5.97. The number of rotatable bonds is 4. The van der Waals surface area contributed by atoms with E-state index < -0.39 is 11.4 Å². The largest absolute Gasteiger partial charge is 0.481 e. The fraction of sp³-hybridized carbons (Fsp3) is 0.600. The summed E-state index contributed by atoms with van der Waals surface area (Å²) in [7, 11) is 0. The summed E-state index contributed by atoms with van der Waals surface area (Å²) in [6.45, 7) is 6.28. The van der Waals surface area contributed by atoms with E-state index in [-0.39, 0.29) is 12.5 Å². The molecule has 6 heteroatoms. The highest BCUT2D eigenvalue weighted by Crippen LogP contribution is 2.30. The average molecular weight is 295 g/mol. The zero-order chi connectivity index (χ0) is 15.6. The Balaban J connectivity index is 2.10. The molecule has 2 rings (SSSR count). The van der Waals surface area contributed by atoms with Crippen LogP contribution in [0.5, 0.6) is 0 Å². The lowest BCUT2D eigenvalue weighted by Gasteiger charge is -2.33. The number of hydrogen-bond donors (Lipinski definition) is 2. The lowest BCUT2D eigenvalue weighted by Crippen LogP contribution is -2.46. The van der Waals surface area contributed by atoms with Gasteiger partial charge in [-0.3, -0.25) is 9.59 Å². The molecule has 0 spiro atoms. The molecule has 1 aromatic rings. The molecular formula is C15H21NO5. The number of carboxylic acid groups (broad SMARTS) is 1. The third kappa shape index (κ3) is 2.95. The Labute approximate surface area is 123 Å². The number of aliphatic carboxylic acids is 1. The molecule has 1 fully saturated rings. The number of ether oxygens (including phenoxy) is 1. The van der Waals surface area contributed by atoms with E-state index in [4.69, 9.17) is 9.15 Å². The summed E-state index contributed by atoms with van der Waals surface area (Å²) in [5, 5.41) is 12.2. The second-order valence-corrected chi connectivity index (χ2v) is 5.59. The maximum Gasteiger partial charge on any atom is 0.311 e. The fourth-order valence-corrected chi connectivity index (χ4v) is 2.69. The first kappa shape index (κ1) is 15.6. The highest BCUT2D eigenvalue weighted by atomic mass is 16.5. The molecule has 1 aliphatic rings. The molecule has 0 unspecified atom stereocenters. The average Bonchev–Trinajstić information content (AvgIpc) is 2.70. The van der Waals surface area contributed by atoms with Crippen molar-refractivity contribution in [1.29, 1.82) is 0 Å². The van der Waals surface area contributed by atoms with Gasteiger partial charge in [0.25, 0.3) is 5.91 Å². The minimum Gasteiger partial charge on any atom is -0.481 e. The zero-order valence-electron chi connectivity index (χ0n) is 12.6. The third-order valence-electron chi connectivity index (χ3n) is 4.28. The van der Waals surface area contributed by atoms with Gasteiger partial charge in [-0.15, -0.1) is 0 Å². The number of aryl methyl sites for hydroxylation is 2. The standard InChI is InChI=1S/C15H21NO5/c1-9-10(2)21-11(3)12(9)13(17)16-8-15(14(18)19)4-6-20-7-5-15/h4-8H2,1-3H3,(H,16,17)(H,18,19). The number of furan rings is 1. The number of carboxylic acids is 1. The summed E-state index contributed by atoms with van der Waals surface area (Å²) in [5.74, 6) is 0.0902. The molecule has 1 aromatic heterocycles. The summed E-state index contributed by atoms with van der Waals surface area (Å²) in [4.78, 5) is 23.8. The molecule has 1 saturated heterocycles. The quantitative estimate of drug-likeness (QED) is 0.884. The first-order chi connectivity index (χ1) is 9.87. The minimum absolute atomic E-state index is 0.105. The van der Waals surface area contributed by atoms with Crippen LogP contribution >= 0.6 is 0 Å².